The van der Waals surface area contributed by atoms with Crippen LogP contribution in [-0.2, 0) is 9.59 Å². The molecule has 1 heterocycles. The first-order valence-corrected chi connectivity index (χ1v) is 8.66. The van der Waals surface area contributed by atoms with Crippen LogP contribution in [0.25, 0.3) is 0 Å². The molecule has 120 valence electrons. The molecule has 0 aromatic heterocycles. The highest BCUT2D eigenvalue weighted by Crippen LogP contribution is 2.40. The van der Waals surface area contributed by atoms with Gasteiger partial charge in [-0.2, -0.15) is 5.26 Å². The smallest absolute Gasteiger partial charge is 0.238 e. The molecule has 7 heteroatoms. The molecule has 2 aliphatic rings. The second-order valence-corrected chi connectivity index (χ2v) is 7.57. The van der Waals surface area contributed by atoms with Gasteiger partial charge in [-0.3, -0.25) is 9.59 Å². The molecule has 1 atom stereocenters. The summed E-state index contributed by atoms with van der Waals surface area (Å²) in [4.78, 5) is 27.1. The first-order valence-electron chi connectivity index (χ1n) is 7.40. The number of hydrogen-bond acceptors (Lipinski definition) is 4. The first kappa shape index (κ1) is 16.2. The molecule has 0 spiro atoms. The molecule has 1 aliphatic heterocycles. The maximum Gasteiger partial charge on any atom is 0.238 e. The predicted octanol–water partition coefficient (Wildman–Crippen LogP) is 3.05. The molecular formula is C16H16ClN3O2S. The zero-order valence-electron chi connectivity index (χ0n) is 12.6. The van der Waals surface area contributed by atoms with Crippen molar-refractivity contribution in [3.05, 3.63) is 23.2 Å². The fourth-order valence-electron chi connectivity index (χ4n) is 2.83. The summed E-state index contributed by atoms with van der Waals surface area (Å²) >= 11 is 7.29. The van der Waals surface area contributed by atoms with Crippen LogP contribution in [0, 0.1) is 11.3 Å². The molecule has 23 heavy (non-hydrogen) atoms. The highest BCUT2D eigenvalue weighted by Gasteiger charge is 2.44. The highest BCUT2D eigenvalue weighted by atomic mass is 35.5. The largest absolute Gasteiger partial charge is 0.327 e. The van der Waals surface area contributed by atoms with E-state index in [9.17, 15) is 14.9 Å². The van der Waals surface area contributed by atoms with Crippen molar-refractivity contribution in [1.29, 1.82) is 5.26 Å². The monoisotopic (exact) mass is 349 g/mol. The number of nitrogens with one attached hydrogen (secondary N) is 1. The number of carbonyl (C=O) groups excluding carboxylic acids is 2. The van der Waals surface area contributed by atoms with Crippen LogP contribution in [0.15, 0.2) is 23.1 Å². The number of thioether (sulfide) groups is 1. The molecule has 1 aromatic rings. The maximum absolute atomic E-state index is 12.5. The first-order chi connectivity index (χ1) is 10.9. The molecule has 0 unspecified atom stereocenters. The SMILES string of the molecule is CN(C(=O)C[C@@H]1Sc2ccc(Cl)cc2NC1=O)C1(C#N)CCC1. The lowest BCUT2D eigenvalue weighted by Crippen LogP contribution is -2.54. The number of carbonyl (C=O) groups is 2. The second kappa shape index (κ2) is 6.06. The van der Waals surface area contributed by atoms with E-state index in [0.29, 0.717) is 23.6 Å². The van der Waals surface area contributed by atoms with Gasteiger partial charge in [0.15, 0.2) is 0 Å². The molecule has 1 aliphatic carbocycles. The quantitative estimate of drug-likeness (QED) is 0.910. The van der Waals surface area contributed by atoms with Crippen molar-refractivity contribution in [2.75, 3.05) is 12.4 Å². The summed E-state index contributed by atoms with van der Waals surface area (Å²) in [5.74, 6) is -0.373. The predicted molar refractivity (Wildman–Crippen MR) is 89.3 cm³/mol. The van der Waals surface area contributed by atoms with Gasteiger partial charge in [0, 0.05) is 23.4 Å². The molecule has 0 saturated heterocycles. The van der Waals surface area contributed by atoms with E-state index < -0.39 is 10.8 Å². The Balaban J connectivity index is 1.71. The molecule has 1 N–H and O–H groups in total. The van der Waals surface area contributed by atoms with Crippen molar-refractivity contribution < 1.29 is 9.59 Å². The van der Waals surface area contributed by atoms with Gasteiger partial charge in [-0.15, -0.1) is 11.8 Å². The Bertz CT molecular complexity index is 712. The van der Waals surface area contributed by atoms with Crippen molar-refractivity contribution in [2.45, 2.75) is 41.4 Å². The number of fused-ring (bicyclic) bond motifs is 1. The lowest BCUT2D eigenvalue weighted by atomic mass is 9.76. The number of halogens is 1. The van der Waals surface area contributed by atoms with Crippen molar-refractivity contribution in [3.63, 3.8) is 0 Å². The number of benzene rings is 1. The number of amides is 2. The minimum absolute atomic E-state index is 0.0818. The minimum Gasteiger partial charge on any atom is -0.327 e. The van der Waals surface area contributed by atoms with E-state index in [-0.39, 0.29) is 18.2 Å². The highest BCUT2D eigenvalue weighted by molar-refractivity contribution is 8.01. The minimum atomic E-state index is -0.682. The van der Waals surface area contributed by atoms with Gasteiger partial charge in [0.2, 0.25) is 11.8 Å². The third kappa shape index (κ3) is 2.91. The van der Waals surface area contributed by atoms with Gasteiger partial charge in [-0.1, -0.05) is 11.6 Å². The Kier molecular flexibility index (Phi) is 4.26. The average molecular weight is 350 g/mol. The zero-order valence-corrected chi connectivity index (χ0v) is 14.2. The summed E-state index contributed by atoms with van der Waals surface area (Å²) < 4.78 is 0. The van der Waals surface area contributed by atoms with Gasteiger partial charge in [0.25, 0.3) is 0 Å². The van der Waals surface area contributed by atoms with Crippen LogP contribution in [0.3, 0.4) is 0 Å². The molecular weight excluding hydrogens is 334 g/mol. The molecule has 1 fully saturated rings. The standard InChI is InChI=1S/C16H16ClN3O2S/c1-20(16(9-18)5-2-6-16)14(21)8-13-15(22)19-11-7-10(17)3-4-12(11)23-13/h3-4,7,13H,2,5-6,8H2,1H3,(H,19,22)/t13-/m0/s1. The third-order valence-electron chi connectivity index (χ3n) is 4.53. The van der Waals surface area contributed by atoms with Crippen LogP contribution in [0.2, 0.25) is 5.02 Å². The molecule has 2 amide bonds. The van der Waals surface area contributed by atoms with Gasteiger partial charge in [-0.05, 0) is 37.5 Å². The fraction of sp³-hybridized carbons (Fsp3) is 0.438. The average Bonchev–Trinajstić information content (AvgIpc) is 2.47. The summed E-state index contributed by atoms with van der Waals surface area (Å²) in [6.45, 7) is 0. The van der Waals surface area contributed by atoms with Crippen LogP contribution < -0.4 is 5.32 Å². The second-order valence-electron chi connectivity index (χ2n) is 5.89. The lowest BCUT2D eigenvalue weighted by Gasteiger charge is -2.43. The van der Waals surface area contributed by atoms with Gasteiger partial charge in [-0.25, -0.2) is 0 Å². The van der Waals surface area contributed by atoms with Crippen LogP contribution >= 0.6 is 23.4 Å². The van der Waals surface area contributed by atoms with Crippen LogP contribution in [0.4, 0.5) is 5.69 Å². The Morgan fingerprint density at radius 1 is 1.57 bits per heavy atom. The van der Waals surface area contributed by atoms with E-state index in [4.69, 9.17) is 11.6 Å². The molecule has 1 saturated carbocycles. The Labute approximate surface area is 144 Å². The number of rotatable bonds is 3. The summed E-state index contributed by atoms with van der Waals surface area (Å²) in [7, 11) is 1.66. The molecule has 0 radical (unpaired) electrons. The van der Waals surface area contributed by atoms with E-state index >= 15 is 0 Å². The van der Waals surface area contributed by atoms with Crippen LogP contribution in [0.1, 0.15) is 25.7 Å². The van der Waals surface area contributed by atoms with E-state index in [2.05, 4.69) is 11.4 Å². The van der Waals surface area contributed by atoms with Gasteiger partial charge in [0.1, 0.15) is 5.54 Å². The van der Waals surface area contributed by atoms with Gasteiger partial charge < -0.3 is 10.2 Å². The van der Waals surface area contributed by atoms with Gasteiger partial charge in [0.05, 0.1) is 17.0 Å². The van der Waals surface area contributed by atoms with Crippen molar-refractivity contribution in [1.82, 2.24) is 4.90 Å². The van der Waals surface area contributed by atoms with Gasteiger partial charge >= 0.3 is 0 Å². The van der Waals surface area contributed by atoms with Crippen molar-refractivity contribution >= 4 is 40.9 Å². The maximum atomic E-state index is 12.5. The van der Waals surface area contributed by atoms with E-state index in [1.54, 1.807) is 19.2 Å². The Morgan fingerprint density at radius 2 is 2.30 bits per heavy atom. The molecule has 5 nitrogen and oxygen atoms in total. The van der Waals surface area contributed by atoms with Crippen LogP contribution in [0.5, 0.6) is 0 Å². The third-order valence-corrected chi connectivity index (χ3v) is 6.04. The Hall–Kier alpha value is -1.71. The molecule has 0 bridgehead atoms. The van der Waals surface area contributed by atoms with Crippen LogP contribution in [-0.4, -0.2) is 34.6 Å². The Morgan fingerprint density at radius 3 is 2.91 bits per heavy atom. The lowest BCUT2D eigenvalue weighted by molar-refractivity contribution is -0.137. The van der Waals surface area contributed by atoms with E-state index in [0.717, 1.165) is 11.3 Å². The normalized spacial score (nSPS) is 21.4. The number of nitrogens with zero attached hydrogens (tertiary/aromatic N) is 2. The topological polar surface area (TPSA) is 73.2 Å². The number of hydrogen-bond donors (Lipinski definition) is 1. The zero-order chi connectivity index (χ0) is 16.6. The van der Waals surface area contributed by atoms with Crippen molar-refractivity contribution in [2.24, 2.45) is 0 Å². The van der Waals surface area contributed by atoms with E-state index in [1.165, 1.54) is 16.7 Å². The summed E-state index contributed by atoms with van der Waals surface area (Å²) in [6, 6.07) is 7.55. The number of nitriles is 1. The summed E-state index contributed by atoms with van der Waals surface area (Å²) in [5, 5.41) is 12.2. The molecule has 3 rings (SSSR count). The number of anilines is 1. The van der Waals surface area contributed by atoms with Crippen molar-refractivity contribution in [3.8, 4) is 6.07 Å². The molecule has 1 aromatic carbocycles. The summed E-state index contributed by atoms with van der Waals surface area (Å²) in [5.41, 5.74) is -0.00440. The summed E-state index contributed by atoms with van der Waals surface area (Å²) in [6.07, 6.45) is 2.45. The fourth-order valence-corrected chi connectivity index (χ4v) is 4.08. The van der Waals surface area contributed by atoms with E-state index in [1.807, 2.05) is 6.07 Å².